The third-order valence-electron chi connectivity index (χ3n) is 5.68. The molecule has 1 aliphatic heterocycles. The number of hydrogen-bond acceptors (Lipinski definition) is 3. The van der Waals surface area contributed by atoms with E-state index in [1.54, 1.807) is 0 Å². The summed E-state index contributed by atoms with van der Waals surface area (Å²) in [7, 11) is 0. The third kappa shape index (κ3) is 3.45. The van der Waals surface area contributed by atoms with Gasteiger partial charge in [-0.25, -0.2) is 0 Å². The highest BCUT2D eigenvalue weighted by Gasteiger charge is 2.34. The van der Waals surface area contributed by atoms with Crippen LogP contribution < -0.4 is 0 Å². The zero-order chi connectivity index (χ0) is 15.7. The largest absolute Gasteiger partial charge is 0.462 e. The Balaban J connectivity index is 1.63. The number of allylic oxidation sites excluding steroid dienone is 4. The summed E-state index contributed by atoms with van der Waals surface area (Å²) in [6.07, 6.45) is 11.8. The fourth-order valence-electron chi connectivity index (χ4n) is 4.44. The number of carbonyl (C=O) groups excluding carboxylic acids is 1. The highest BCUT2D eigenvalue weighted by atomic mass is 16.5. The van der Waals surface area contributed by atoms with Crippen molar-refractivity contribution in [1.29, 1.82) is 0 Å². The second-order valence-corrected chi connectivity index (χ2v) is 7.49. The fraction of sp³-hybridized carbons (Fsp3) is 0.737. The maximum Gasteiger partial charge on any atom is 0.308 e. The number of cyclic esters (lactones) is 1. The molecule has 0 aromatic heterocycles. The minimum Gasteiger partial charge on any atom is -0.462 e. The molecular weight excluding hydrogens is 276 g/mol. The molecule has 2 aliphatic carbocycles. The predicted octanol–water partition coefficient (Wildman–Crippen LogP) is 3.63. The van der Waals surface area contributed by atoms with Gasteiger partial charge >= 0.3 is 5.97 Å². The standard InChI is InChI=1S/C19H28O3/c1-12-3-7-18-14(9-12)5-4-13(2)17(18)8-6-16-10-15(20)11-19(21)22-16/h4-5,9,12-13,15-18,20H,3,6-8,10-11H2,1-2H3/t12-,13+,15-,16-,17+,18+/m1/s1. The predicted molar refractivity (Wildman–Crippen MR) is 86.1 cm³/mol. The summed E-state index contributed by atoms with van der Waals surface area (Å²) in [5, 5.41) is 9.73. The van der Waals surface area contributed by atoms with E-state index in [2.05, 4.69) is 32.1 Å². The third-order valence-corrected chi connectivity index (χ3v) is 5.68. The van der Waals surface area contributed by atoms with Gasteiger partial charge in [-0.2, -0.15) is 0 Å². The van der Waals surface area contributed by atoms with Crippen LogP contribution in [0.3, 0.4) is 0 Å². The number of rotatable bonds is 3. The van der Waals surface area contributed by atoms with Gasteiger partial charge in [0.05, 0.1) is 12.5 Å². The van der Waals surface area contributed by atoms with Crippen LogP contribution in [0.5, 0.6) is 0 Å². The van der Waals surface area contributed by atoms with Gasteiger partial charge < -0.3 is 9.84 Å². The first-order chi connectivity index (χ1) is 10.5. The van der Waals surface area contributed by atoms with Crippen LogP contribution in [0.1, 0.15) is 52.4 Å². The van der Waals surface area contributed by atoms with Crippen LogP contribution in [-0.2, 0) is 9.53 Å². The second-order valence-electron chi connectivity index (χ2n) is 7.49. The molecule has 0 radical (unpaired) electrons. The molecule has 0 spiro atoms. The van der Waals surface area contributed by atoms with Crippen molar-refractivity contribution in [1.82, 2.24) is 0 Å². The lowest BCUT2D eigenvalue weighted by Gasteiger charge is -2.39. The number of fused-ring (bicyclic) bond motifs is 1. The van der Waals surface area contributed by atoms with Gasteiger partial charge in [0.2, 0.25) is 0 Å². The van der Waals surface area contributed by atoms with Crippen molar-refractivity contribution in [3.8, 4) is 0 Å². The van der Waals surface area contributed by atoms with Crippen LogP contribution >= 0.6 is 0 Å². The summed E-state index contributed by atoms with van der Waals surface area (Å²) in [5.74, 6) is 2.34. The maximum absolute atomic E-state index is 11.5. The van der Waals surface area contributed by atoms with Crippen molar-refractivity contribution in [2.45, 2.75) is 64.6 Å². The van der Waals surface area contributed by atoms with Gasteiger partial charge in [0, 0.05) is 6.42 Å². The molecule has 3 rings (SSSR count). The van der Waals surface area contributed by atoms with Gasteiger partial charge in [0.1, 0.15) is 6.10 Å². The Morgan fingerprint density at radius 1 is 1.27 bits per heavy atom. The summed E-state index contributed by atoms with van der Waals surface area (Å²) in [6.45, 7) is 4.60. The molecule has 1 saturated heterocycles. The first-order valence-electron chi connectivity index (χ1n) is 8.80. The van der Waals surface area contributed by atoms with Crippen molar-refractivity contribution in [2.24, 2.45) is 23.7 Å². The van der Waals surface area contributed by atoms with E-state index in [-0.39, 0.29) is 18.5 Å². The fourth-order valence-corrected chi connectivity index (χ4v) is 4.44. The van der Waals surface area contributed by atoms with E-state index in [0.29, 0.717) is 30.1 Å². The zero-order valence-electron chi connectivity index (χ0n) is 13.7. The van der Waals surface area contributed by atoms with Gasteiger partial charge in [-0.05, 0) is 54.9 Å². The van der Waals surface area contributed by atoms with E-state index in [9.17, 15) is 9.90 Å². The topological polar surface area (TPSA) is 46.5 Å². The molecule has 6 atom stereocenters. The van der Waals surface area contributed by atoms with E-state index in [4.69, 9.17) is 4.74 Å². The molecule has 0 aromatic carbocycles. The first kappa shape index (κ1) is 15.8. The molecule has 3 nitrogen and oxygen atoms in total. The lowest BCUT2D eigenvalue weighted by atomic mass is 9.66. The summed E-state index contributed by atoms with van der Waals surface area (Å²) in [5.41, 5.74) is 1.52. The van der Waals surface area contributed by atoms with Crippen LogP contribution in [-0.4, -0.2) is 23.3 Å². The van der Waals surface area contributed by atoms with Crippen LogP contribution in [0.2, 0.25) is 0 Å². The van der Waals surface area contributed by atoms with E-state index in [1.165, 1.54) is 18.4 Å². The van der Waals surface area contributed by atoms with Crippen LogP contribution in [0.15, 0.2) is 23.8 Å². The van der Waals surface area contributed by atoms with E-state index >= 15 is 0 Å². The highest BCUT2D eigenvalue weighted by molar-refractivity contribution is 5.70. The van der Waals surface area contributed by atoms with Gasteiger partial charge in [-0.15, -0.1) is 0 Å². The SMILES string of the molecule is C[C@H]1C=C2C=C[C@H](C)[C@H](CC[C@@H]3C[C@@H](O)CC(=O)O3)[C@H]2CC1. The normalized spacial score (nSPS) is 41.6. The highest BCUT2D eigenvalue weighted by Crippen LogP contribution is 2.43. The van der Waals surface area contributed by atoms with Crippen LogP contribution in [0.25, 0.3) is 0 Å². The maximum atomic E-state index is 11.5. The first-order valence-corrected chi connectivity index (χ1v) is 8.80. The molecule has 22 heavy (non-hydrogen) atoms. The molecule has 0 saturated carbocycles. The van der Waals surface area contributed by atoms with Gasteiger partial charge in [0.15, 0.2) is 0 Å². The second kappa shape index (κ2) is 6.57. The number of esters is 1. The van der Waals surface area contributed by atoms with Crippen molar-refractivity contribution >= 4 is 5.97 Å². The quantitative estimate of drug-likeness (QED) is 0.810. The van der Waals surface area contributed by atoms with E-state index < -0.39 is 6.10 Å². The molecule has 1 fully saturated rings. The minimum absolute atomic E-state index is 0.0932. The molecule has 122 valence electrons. The van der Waals surface area contributed by atoms with Crippen molar-refractivity contribution in [3.05, 3.63) is 23.8 Å². The van der Waals surface area contributed by atoms with Crippen molar-refractivity contribution in [2.75, 3.05) is 0 Å². The van der Waals surface area contributed by atoms with Gasteiger partial charge in [-0.3, -0.25) is 4.79 Å². The van der Waals surface area contributed by atoms with Crippen LogP contribution in [0, 0.1) is 23.7 Å². The number of ether oxygens (including phenoxy) is 1. The van der Waals surface area contributed by atoms with Gasteiger partial charge in [-0.1, -0.05) is 32.1 Å². The molecule has 3 heteroatoms. The molecule has 0 aromatic rings. The Kier molecular flexibility index (Phi) is 4.72. The zero-order valence-corrected chi connectivity index (χ0v) is 13.7. The summed E-state index contributed by atoms with van der Waals surface area (Å²) in [4.78, 5) is 11.5. The molecule has 1 heterocycles. The molecule has 0 bridgehead atoms. The molecule has 0 amide bonds. The monoisotopic (exact) mass is 304 g/mol. The van der Waals surface area contributed by atoms with Crippen molar-refractivity contribution in [3.63, 3.8) is 0 Å². The lowest BCUT2D eigenvalue weighted by molar-refractivity contribution is -0.160. The Labute approximate surface area is 133 Å². The minimum atomic E-state index is -0.513. The lowest BCUT2D eigenvalue weighted by Crippen LogP contribution is -2.34. The smallest absolute Gasteiger partial charge is 0.308 e. The average Bonchev–Trinajstić information content (AvgIpc) is 2.45. The Morgan fingerprint density at radius 3 is 2.86 bits per heavy atom. The Hall–Kier alpha value is -1.09. The molecule has 3 aliphatic rings. The van der Waals surface area contributed by atoms with Gasteiger partial charge in [0.25, 0.3) is 0 Å². The van der Waals surface area contributed by atoms with Crippen LogP contribution in [0.4, 0.5) is 0 Å². The summed E-state index contributed by atoms with van der Waals surface area (Å²) in [6, 6.07) is 0. The summed E-state index contributed by atoms with van der Waals surface area (Å²) < 4.78 is 5.40. The Morgan fingerprint density at radius 2 is 2.09 bits per heavy atom. The molecular formula is C19H28O3. The van der Waals surface area contributed by atoms with Crippen molar-refractivity contribution < 1.29 is 14.6 Å². The average molecular weight is 304 g/mol. The number of aliphatic hydroxyl groups is 1. The number of hydrogen-bond donors (Lipinski definition) is 1. The summed E-state index contributed by atoms with van der Waals surface area (Å²) >= 11 is 0. The Bertz CT molecular complexity index is 479. The number of aliphatic hydroxyl groups excluding tert-OH is 1. The number of carbonyl (C=O) groups is 1. The molecule has 0 unspecified atom stereocenters. The van der Waals surface area contributed by atoms with E-state index in [0.717, 1.165) is 12.8 Å². The van der Waals surface area contributed by atoms with E-state index in [1.807, 2.05) is 0 Å². The molecule has 1 N–H and O–H groups in total.